The predicted octanol–water partition coefficient (Wildman–Crippen LogP) is 2.82. The van der Waals surface area contributed by atoms with Gasteiger partial charge in [-0.05, 0) is 44.9 Å². The molecule has 2 aromatic rings. The Kier molecular flexibility index (Phi) is 8.16. The molecule has 1 aromatic heterocycles. The number of rotatable bonds is 9. The van der Waals surface area contributed by atoms with E-state index in [1.807, 2.05) is 13.8 Å². The van der Waals surface area contributed by atoms with E-state index in [2.05, 4.69) is 20.6 Å². The van der Waals surface area contributed by atoms with Crippen LogP contribution >= 0.6 is 11.6 Å². The minimum atomic E-state index is -0.926. The van der Waals surface area contributed by atoms with Crippen LogP contribution in [0.3, 0.4) is 0 Å². The monoisotopic (exact) mass is 489 g/mol. The first-order chi connectivity index (χ1) is 16.2. The summed E-state index contributed by atoms with van der Waals surface area (Å²) in [5.74, 6) is -0.956. The van der Waals surface area contributed by atoms with Gasteiger partial charge < -0.3 is 27.0 Å². The first-order valence-electron chi connectivity index (χ1n) is 11.5. The number of anilines is 3. The summed E-state index contributed by atoms with van der Waals surface area (Å²) >= 11 is 6.37. The number of carbonyl (C=O) groups excluding carboxylic acids is 2. The van der Waals surface area contributed by atoms with E-state index in [1.54, 1.807) is 17.0 Å². The maximum atomic E-state index is 12.6. The molecule has 1 aliphatic rings. The normalized spacial score (nSPS) is 14.9. The molecule has 1 aromatic carbocycles. The van der Waals surface area contributed by atoms with Crippen molar-refractivity contribution in [3.05, 3.63) is 44.7 Å². The van der Waals surface area contributed by atoms with Gasteiger partial charge in [0.15, 0.2) is 5.82 Å². The van der Waals surface area contributed by atoms with E-state index in [0.29, 0.717) is 30.9 Å². The summed E-state index contributed by atoms with van der Waals surface area (Å²) in [7, 11) is 0. The average Bonchev–Trinajstić information content (AvgIpc) is 2.78. The van der Waals surface area contributed by atoms with Crippen LogP contribution in [0.4, 0.5) is 17.5 Å². The number of aromatic amines is 1. The first kappa shape index (κ1) is 25.5. The lowest BCUT2D eigenvalue weighted by atomic mass is 9.82. The molecule has 1 aliphatic carbocycles. The van der Waals surface area contributed by atoms with E-state index in [1.165, 1.54) is 6.07 Å². The Hall–Kier alpha value is -3.11. The third-order valence-corrected chi connectivity index (χ3v) is 6.45. The number of hydrogen-bond donors (Lipinski definition) is 5. The molecule has 34 heavy (non-hydrogen) atoms. The van der Waals surface area contributed by atoms with Crippen molar-refractivity contribution >= 4 is 40.9 Å². The number of nitrogens with zero attached hydrogens (tertiary/aromatic N) is 2. The number of benzene rings is 1. The zero-order chi connectivity index (χ0) is 24.9. The minimum Gasteiger partial charge on any atom is -0.365 e. The van der Waals surface area contributed by atoms with Crippen molar-refractivity contribution in [3.63, 3.8) is 0 Å². The third kappa shape index (κ3) is 5.87. The molecule has 10 nitrogen and oxygen atoms in total. The molecule has 11 heteroatoms. The number of H-pyrrole nitrogens is 1. The van der Waals surface area contributed by atoms with Gasteiger partial charge in [-0.3, -0.25) is 19.4 Å². The van der Waals surface area contributed by atoms with Crippen LogP contribution in [0.2, 0.25) is 5.02 Å². The molecule has 184 valence electrons. The Bertz CT molecular complexity index is 1110. The topological polar surface area (TPSA) is 159 Å². The Morgan fingerprint density at radius 1 is 1.21 bits per heavy atom. The first-order valence-corrected chi connectivity index (χ1v) is 11.9. The van der Waals surface area contributed by atoms with E-state index in [-0.39, 0.29) is 33.8 Å². The van der Waals surface area contributed by atoms with E-state index in [4.69, 9.17) is 23.1 Å². The van der Waals surface area contributed by atoms with Crippen LogP contribution in [0.1, 0.15) is 66.7 Å². The number of hydrogen-bond acceptors (Lipinski definition) is 7. The third-order valence-electron chi connectivity index (χ3n) is 6.14. The van der Waals surface area contributed by atoms with Gasteiger partial charge in [-0.25, -0.2) is 0 Å². The highest BCUT2D eigenvalue weighted by Gasteiger charge is 2.27. The molecule has 2 amide bonds. The number of halogens is 1. The molecule has 0 aliphatic heterocycles. The van der Waals surface area contributed by atoms with Gasteiger partial charge in [0.2, 0.25) is 5.95 Å². The number of amides is 2. The highest BCUT2D eigenvalue weighted by Crippen LogP contribution is 2.27. The van der Waals surface area contributed by atoms with Crippen LogP contribution in [0, 0.1) is 0 Å². The van der Waals surface area contributed by atoms with E-state index in [0.717, 1.165) is 32.1 Å². The maximum Gasteiger partial charge on any atom is 0.267 e. The lowest BCUT2D eigenvalue weighted by molar-refractivity contribution is 0.0773. The maximum absolute atomic E-state index is 12.6. The second kappa shape index (κ2) is 10.9. The summed E-state index contributed by atoms with van der Waals surface area (Å²) in [6.45, 7) is 5.33. The highest BCUT2D eigenvalue weighted by molar-refractivity contribution is 6.34. The molecule has 0 bridgehead atoms. The molecule has 1 fully saturated rings. The molecule has 0 atom stereocenters. The fourth-order valence-electron chi connectivity index (χ4n) is 4.15. The van der Waals surface area contributed by atoms with Gasteiger partial charge in [0.25, 0.3) is 17.4 Å². The summed E-state index contributed by atoms with van der Waals surface area (Å²) in [5.41, 5.74) is 11.3. The second-order valence-electron chi connectivity index (χ2n) is 8.58. The predicted molar refractivity (Wildman–Crippen MR) is 134 cm³/mol. The van der Waals surface area contributed by atoms with Crippen molar-refractivity contribution in [2.45, 2.75) is 51.5 Å². The second-order valence-corrected chi connectivity index (χ2v) is 8.98. The van der Waals surface area contributed by atoms with Gasteiger partial charge in [-0.15, -0.1) is 0 Å². The van der Waals surface area contributed by atoms with Crippen molar-refractivity contribution in [2.24, 2.45) is 11.5 Å². The van der Waals surface area contributed by atoms with E-state index >= 15 is 0 Å². The van der Waals surface area contributed by atoms with Crippen LogP contribution in [0.5, 0.6) is 0 Å². The van der Waals surface area contributed by atoms with Crippen LogP contribution < -0.4 is 27.7 Å². The van der Waals surface area contributed by atoms with Crippen LogP contribution in [-0.2, 0) is 0 Å². The van der Waals surface area contributed by atoms with Gasteiger partial charge in [-0.2, -0.15) is 4.98 Å². The molecule has 0 saturated heterocycles. The summed E-state index contributed by atoms with van der Waals surface area (Å²) < 4.78 is 0. The van der Waals surface area contributed by atoms with Gasteiger partial charge in [-0.1, -0.05) is 30.9 Å². The van der Waals surface area contributed by atoms with Gasteiger partial charge in [0.05, 0.1) is 10.6 Å². The number of nitrogens with two attached hydrogens (primary N) is 2. The SMILES string of the molecule is CCN(CC)C(=O)c1ccc(Nc2nc(NCC3(N)CCCCC3)[nH]c(=O)c2C(N)=O)cc1Cl. The number of nitrogens with one attached hydrogen (secondary N) is 3. The lowest BCUT2D eigenvalue weighted by Crippen LogP contribution is -2.48. The molecule has 1 heterocycles. The average molecular weight is 490 g/mol. The van der Waals surface area contributed by atoms with Crippen LogP contribution in [0.15, 0.2) is 23.0 Å². The van der Waals surface area contributed by atoms with E-state index < -0.39 is 11.5 Å². The number of carbonyl (C=O) groups is 2. The molecular weight excluding hydrogens is 458 g/mol. The van der Waals surface area contributed by atoms with Crippen molar-refractivity contribution in [2.75, 3.05) is 30.3 Å². The van der Waals surface area contributed by atoms with Gasteiger partial charge >= 0.3 is 0 Å². The fourth-order valence-corrected chi connectivity index (χ4v) is 4.41. The molecule has 7 N–H and O–H groups in total. The van der Waals surface area contributed by atoms with E-state index in [9.17, 15) is 14.4 Å². The Balaban J connectivity index is 1.86. The summed E-state index contributed by atoms with van der Waals surface area (Å²) in [5, 5.41) is 6.25. The fraction of sp³-hybridized carbons (Fsp3) is 0.478. The molecule has 1 saturated carbocycles. The molecule has 3 rings (SSSR count). The summed E-state index contributed by atoms with van der Waals surface area (Å²) in [6, 6.07) is 4.75. The minimum absolute atomic E-state index is 0.0210. The zero-order valence-electron chi connectivity index (χ0n) is 19.5. The Morgan fingerprint density at radius 2 is 1.88 bits per heavy atom. The molecule has 0 unspecified atom stereocenters. The smallest absolute Gasteiger partial charge is 0.267 e. The highest BCUT2D eigenvalue weighted by atomic mass is 35.5. The number of primary amides is 1. The van der Waals surface area contributed by atoms with Crippen LogP contribution in [-0.4, -0.2) is 51.9 Å². The quantitative estimate of drug-likeness (QED) is 0.362. The molecule has 0 spiro atoms. The van der Waals surface area contributed by atoms with Crippen molar-refractivity contribution in [1.29, 1.82) is 0 Å². The van der Waals surface area contributed by atoms with Gasteiger partial charge in [0, 0.05) is 30.9 Å². The van der Waals surface area contributed by atoms with Gasteiger partial charge in [0.1, 0.15) is 5.56 Å². The summed E-state index contributed by atoms with van der Waals surface area (Å²) in [4.78, 5) is 45.8. The summed E-state index contributed by atoms with van der Waals surface area (Å²) in [6.07, 6.45) is 5.04. The molecular formula is C23H32ClN7O3. The Morgan fingerprint density at radius 3 is 2.47 bits per heavy atom. The lowest BCUT2D eigenvalue weighted by Gasteiger charge is -2.33. The molecule has 0 radical (unpaired) electrons. The van der Waals surface area contributed by atoms with Crippen LogP contribution in [0.25, 0.3) is 0 Å². The van der Waals surface area contributed by atoms with Crippen molar-refractivity contribution in [1.82, 2.24) is 14.9 Å². The Labute approximate surface area is 203 Å². The zero-order valence-corrected chi connectivity index (χ0v) is 20.3. The standard InChI is InChI=1S/C23H32ClN7O3/c1-3-31(4-2)21(34)15-9-8-14(12-16(15)24)28-19-17(18(25)32)20(33)30-22(29-19)27-13-23(26)10-6-5-7-11-23/h8-9,12H,3-7,10-11,13,26H2,1-2H3,(H2,25,32)(H3,27,28,29,30,33). The van der Waals surface area contributed by atoms with Crippen molar-refractivity contribution < 1.29 is 9.59 Å². The number of aromatic nitrogens is 2. The largest absolute Gasteiger partial charge is 0.365 e. The van der Waals surface area contributed by atoms with Crippen molar-refractivity contribution in [3.8, 4) is 0 Å².